The lowest BCUT2D eigenvalue weighted by Crippen LogP contribution is -2.13. The molecule has 2 aromatic rings. The van der Waals surface area contributed by atoms with Gasteiger partial charge in [0.2, 0.25) is 5.91 Å². The fourth-order valence-electron chi connectivity index (χ4n) is 2.53. The molecular formula is C16H16N2O2. The quantitative estimate of drug-likeness (QED) is 0.929. The summed E-state index contributed by atoms with van der Waals surface area (Å²) in [5, 5.41) is 2.86. The Morgan fingerprint density at radius 2 is 2.05 bits per heavy atom. The Morgan fingerprint density at radius 3 is 2.70 bits per heavy atom. The Balaban J connectivity index is 1.87. The van der Waals surface area contributed by atoms with Gasteiger partial charge in [0.15, 0.2) is 0 Å². The van der Waals surface area contributed by atoms with Gasteiger partial charge in [-0.1, -0.05) is 24.3 Å². The van der Waals surface area contributed by atoms with Gasteiger partial charge in [0.05, 0.1) is 7.11 Å². The van der Waals surface area contributed by atoms with Crippen molar-refractivity contribution < 1.29 is 9.53 Å². The van der Waals surface area contributed by atoms with Crippen LogP contribution in [0, 0.1) is 0 Å². The average molecular weight is 268 g/mol. The lowest BCUT2D eigenvalue weighted by Gasteiger charge is -2.10. The fourth-order valence-corrected chi connectivity index (χ4v) is 2.53. The number of nitrogens with one attached hydrogen (secondary N) is 1. The van der Waals surface area contributed by atoms with Crippen LogP contribution >= 0.6 is 0 Å². The Morgan fingerprint density at radius 1 is 1.25 bits per heavy atom. The first-order chi connectivity index (χ1) is 9.78. The normalized spacial score (nSPS) is 17.9. The summed E-state index contributed by atoms with van der Waals surface area (Å²) in [6.45, 7) is 0.727. The number of hydrogen-bond acceptors (Lipinski definition) is 3. The molecule has 1 unspecified atom stereocenters. The van der Waals surface area contributed by atoms with Crippen LogP contribution in [0.1, 0.15) is 17.9 Å². The maximum atomic E-state index is 11.3. The molecule has 0 radical (unpaired) electrons. The first-order valence-electron chi connectivity index (χ1n) is 6.64. The number of hydrogen-bond donors (Lipinski definition) is 1. The van der Waals surface area contributed by atoms with E-state index in [4.69, 9.17) is 4.74 Å². The molecule has 0 bridgehead atoms. The Bertz CT molecular complexity index is 623. The van der Waals surface area contributed by atoms with Gasteiger partial charge in [0, 0.05) is 30.6 Å². The van der Waals surface area contributed by atoms with Crippen molar-refractivity contribution in [3.05, 3.63) is 48.2 Å². The molecule has 1 aliphatic heterocycles. The summed E-state index contributed by atoms with van der Waals surface area (Å²) in [5.41, 5.74) is 3.03. The lowest BCUT2D eigenvalue weighted by atomic mass is 9.96. The molecule has 0 aliphatic carbocycles. The minimum absolute atomic E-state index is 0.130. The van der Waals surface area contributed by atoms with Crippen molar-refractivity contribution >= 4 is 5.91 Å². The van der Waals surface area contributed by atoms with Gasteiger partial charge in [0.1, 0.15) is 11.4 Å². The van der Waals surface area contributed by atoms with Crippen molar-refractivity contribution in [2.24, 2.45) is 0 Å². The van der Waals surface area contributed by atoms with E-state index in [0.29, 0.717) is 6.42 Å². The second kappa shape index (κ2) is 5.33. The van der Waals surface area contributed by atoms with E-state index in [1.54, 1.807) is 13.3 Å². The smallest absolute Gasteiger partial charge is 0.220 e. The molecular weight excluding hydrogens is 252 g/mol. The summed E-state index contributed by atoms with van der Waals surface area (Å²) in [5.74, 6) is 1.17. The molecule has 4 heteroatoms. The maximum Gasteiger partial charge on any atom is 0.220 e. The number of benzene rings is 1. The van der Waals surface area contributed by atoms with Crippen molar-refractivity contribution in [1.82, 2.24) is 10.3 Å². The van der Waals surface area contributed by atoms with Crippen LogP contribution in [0.2, 0.25) is 0 Å². The zero-order valence-electron chi connectivity index (χ0n) is 11.3. The topological polar surface area (TPSA) is 51.2 Å². The summed E-state index contributed by atoms with van der Waals surface area (Å²) < 4.78 is 5.33. The van der Waals surface area contributed by atoms with E-state index in [1.165, 1.54) is 5.56 Å². The van der Waals surface area contributed by atoms with Crippen LogP contribution in [0.25, 0.3) is 11.3 Å². The van der Waals surface area contributed by atoms with Crippen molar-refractivity contribution in [1.29, 1.82) is 0 Å². The van der Waals surface area contributed by atoms with E-state index >= 15 is 0 Å². The standard InChI is InChI=1S/C16H16N2O2/c1-20-14-3-2-8-17-16(14)12-6-4-11(5-7-12)13-9-15(19)18-10-13/h2-8,13H,9-10H2,1H3,(H,18,19). The van der Waals surface area contributed by atoms with Gasteiger partial charge in [-0.2, -0.15) is 0 Å². The number of pyridine rings is 1. The number of carbonyl (C=O) groups excluding carboxylic acids is 1. The number of rotatable bonds is 3. The Hall–Kier alpha value is -2.36. The molecule has 1 aromatic carbocycles. The van der Waals surface area contributed by atoms with Gasteiger partial charge in [-0.15, -0.1) is 0 Å². The fraction of sp³-hybridized carbons (Fsp3) is 0.250. The van der Waals surface area contributed by atoms with E-state index in [-0.39, 0.29) is 11.8 Å². The molecule has 0 saturated carbocycles. The predicted molar refractivity (Wildman–Crippen MR) is 76.6 cm³/mol. The monoisotopic (exact) mass is 268 g/mol. The SMILES string of the molecule is COc1cccnc1-c1ccc(C2CNC(=O)C2)cc1. The largest absolute Gasteiger partial charge is 0.494 e. The minimum atomic E-state index is 0.130. The van der Waals surface area contributed by atoms with Crippen molar-refractivity contribution in [3.8, 4) is 17.0 Å². The molecule has 2 heterocycles. The van der Waals surface area contributed by atoms with Crippen LogP contribution < -0.4 is 10.1 Å². The molecule has 1 aromatic heterocycles. The molecule has 20 heavy (non-hydrogen) atoms. The Labute approximate surface area is 117 Å². The van der Waals surface area contributed by atoms with Gasteiger partial charge < -0.3 is 10.1 Å². The highest BCUT2D eigenvalue weighted by Gasteiger charge is 2.22. The number of methoxy groups -OCH3 is 1. The van der Waals surface area contributed by atoms with Crippen LogP contribution in [0.15, 0.2) is 42.6 Å². The zero-order chi connectivity index (χ0) is 13.9. The molecule has 1 atom stereocenters. The molecule has 4 nitrogen and oxygen atoms in total. The molecule has 3 rings (SSSR count). The molecule has 0 spiro atoms. The van der Waals surface area contributed by atoms with Crippen molar-refractivity contribution in [3.63, 3.8) is 0 Å². The average Bonchev–Trinajstić information content (AvgIpc) is 2.94. The summed E-state index contributed by atoms with van der Waals surface area (Å²) in [6, 6.07) is 11.9. The summed E-state index contributed by atoms with van der Waals surface area (Å²) in [6.07, 6.45) is 2.33. The van der Waals surface area contributed by atoms with Gasteiger partial charge in [-0.25, -0.2) is 0 Å². The van der Waals surface area contributed by atoms with E-state index in [1.807, 2.05) is 24.3 Å². The van der Waals surface area contributed by atoms with Crippen LogP contribution in [-0.4, -0.2) is 24.5 Å². The third-order valence-electron chi connectivity index (χ3n) is 3.62. The van der Waals surface area contributed by atoms with E-state index < -0.39 is 0 Å². The van der Waals surface area contributed by atoms with Crippen LogP contribution in [-0.2, 0) is 4.79 Å². The molecule has 1 aliphatic rings. The maximum absolute atomic E-state index is 11.3. The molecule has 1 amide bonds. The second-order valence-electron chi connectivity index (χ2n) is 4.88. The van der Waals surface area contributed by atoms with E-state index in [9.17, 15) is 4.79 Å². The highest BCUT2D eigenvalue weighted by Crippen LogP contribution is 2.29. The van der Waals surface area contributed by atoms with Crippen LogP contribution in [0.3, 0.4) is 0 Å². The van der Waals surface area contributed by atoms with Crippen LogP contribution in [0.4, 0.5) is 0 Å². The number of ether oxygens (including phenoxy) is 1. The highest BCUT2D eigenvalue weighted by molar-refractivity contribution is 5.79. The Kier molecular flexibility index (Phi) is 3.37. The third-order valence-corrected chi connectivity index (χ3v) is 3.62. The summed E-state index contributed by atoms with van der Waals surface area (Å²) in [4.78, 5) is 15.6. The van der Waals surface area contributed by atoms with Crippen LogP contribution in [0.5, 0.6) is 5.75 Å². The van der Waals surface area contributed by atoms with E-state index in [0.717, 1.165) is 23.6 Å². The van der Waals surface area contributed by atoms with E-state index in [2.05, 4.69) is 22.4 Å². The summed E-state index contributed by atoms with van der Waals surface area (Å²) >= 11 is 0. The van der Waals surface area contributed by atoms with Crippen molar-refractivity contribution in [2.75, 3.05) is 13.7 Å². The first kappa shape index (κ1) is 12.7. The highest BCUT2D eigenvalue weighted by atomic mass is 16.5. The predicted octanol–water partition coefficient (Wildman–Crippen LogP) is 2.36. The molecule has 102 valence electrons. The van der Waals surface area contributed by atoms with Gasteiger partial charge >= 0.3 is 0 Å². The lowest BCUT2D eigenvalue weighted by molar-refractivity contribution is -0.119. The molecule has 1 saturated heterocycles. The van der Waals surface area contributed by atoms with Gasteiger partial charge in [-0.3, -0.25) is 9.78 Å². The third kappa shape index (κ3) is 2.37. The number of nitrogens with zero attached hydrogens (tertiary/aromatic N) is 1. The van der Waals surface area contributed by atoms with Gasteiger partial charge in [0.25, 0.3) is 0 Å². The molecule has 1 fully saturated rings. The number of amides is 1. The van der Waals surface area contributed by atoms with Gasteiger partial charge in [-0.05, 0) is 17.7 Å². The minimum Gasteiger partial charge on any atom is -0.494 e. The number of aromatic nitrogens is 1. The zero-order valence-corrected chi connectivity index (χ0v) is 11.3. The second-order valence-corrected chi connectivity index (χ2v) is 4.88. The van der Waals surface area contributed by atoms with Crippen molar-refractivity contribution in [2.45, 2.75) is 12.3 Å². The first-order valence-corrected chi connectivity index (χ1v) is 6.64. The summed E-state index contributed by atoms with van der Waals surface area (Å²) in [7, 11) is 1.64. The molecule has 1 N–H and O–H groups in total. The number of carbonyl (C=O) groups is 1.